The van der Waals surface area contributed by atoms with E-state index in [0.29, 0.717) is 25.6 Å². The Kier molecular flexibility index (Phi) is 9.68. The van der Waals surface area contributed by atoms with E-state index in [9.17, 15) is 13.2 Å². The molecule has 0 bridgehead atoms. The van der Waals surface area contributed by atoms with E-state index < -0.39 is 11.9 Å². The first-order valence-corrected chi connectivity index (χ1v) is 9.63. The van der Waals surface area contributed by atoms with Crippen molar-refractivity contribution in [1.29, 1.82) is 0 Å². The Hall–Kier alpha value is -2.90. The topological polar surface area (TPSA) is 92.0 Å². The van der Waals surface area contributed by atoms with Crippen LogP contribution in [0.4, 0.5) is 19.1 Å². The highest BCUT2D eigenvalue weighted by atomic mass is 127. The highest BCUT2D eigenvalue weighted by Gasteiger charge is 2.32. The summed E-state index contributed by atoms with van der Waals surface area (Å²) in [4.78, 5) is 11.4. The maximum Gasteiger partial charge on any atom is 0.433 e. The third-order valence-electron chi connectivity index (χ3n) is 4.28. The van der Waals surface area contributed by atoms with Gasteiger partial charge in [-0.3, -0.25) is 4.99 Å². The van der Waals surface area contributed by atoms with Gasteiger partial charge in [0.25, 0.3) is 0 Å². The highest BCUT2D eigenvalue weighted by Crippen LogP contribution is 2.27. The molecule has 32 heavy (non-hydrogen) atoms. The monoisotopic (exact) mass is 560 g/mol. The van der Waals surface area contributed by atoms with Crippen LogP contribution in [0.3, 0.4) is 0 Å². The zero-order valence-corrected chi connectivity index (χ0v) is 19.6. The number of anilines is 1. The van der Waals surface area contributed by atoms with Gasteiger partial charge in [-0.15, -0.1) is 24.0 Å². The average molecular weight is 560 g/mol. The van der Waals surface area contributed by atoms with Crippen molar-refractivity contribution in [3.8, 4) is 5.69 Å². The van der Waals surface area contributed by atoms with Crippen LogP contribution in [0.5, 0.6) is 0 Å². The highest BCUT2D eigenvalue weighted by molar-refractivity contribution is 14.0. The summed E-state index contributed by atoms with van der Waals surface area (Å²) in [5.74, 6) is 0.526. The average Bonchev–Trinajstić information content (AvgIpc) is 3.30. The lowest BCUT2D eigenvalue weighted by Crippen LogP contribution is -2.40. The number of hydrogen-bond donors (Lipinski definition) is 3. The van der Waals surface area contributed by atoms with Gasteiger partial charge in [-0.25, -0.2) is 14.6 Å². The molecule has 0 amide bonds. The molecule has 8 nitrogen and oxygen atoms in total. The van der Waals surface area contributed by atoms with Crippen LogP contribution < -0.4 is 16.0 Å². The molecule has 12 heteroatoms. The Balaban J connectivity index is 0.00000363. The number of halogens is 4. The third kappa shape index (κ3) is 7.66. The number of nitrogens with one attached hydrogen (secondary N) is 3. The second kappa shape index (κ2) is 12.2. The molecule has 0 saturated heterocycles. The predicted octanol–water partition coefficient (Wildman–Crippen LogP) is 3.12. The second-order valence-corrected chi connectivity index (χ2v) is 6.48. The molecule has 3 N–H and O–H groups in total. The number of alkyl halides is 3. The van der Waals surface area contributed by atoms with E-state index in [2.05, 4.69) is 36.0 Å². The van der Waals surface area contributed by atoms with E-state index >= 15 is 0 Å². The molecule has 0 fully saturated rings. The largest absolute Gasteiger partial charge is 0.433 e. The van der Waals surface area contributed by atoms with E-state index in [1.165, 1.54) is 5.56 Å². The zero-order chi connectivity index (χ0) is 22.1. The Morgan fingerprint density at radius 2 is 1.78 bits per heavy atom. The van der Waals surface area contributed by atoms with Crippen molar-refractivity contribution in [2.45, 2.75) is 12.6 Å². The molecule has 0 spiro atoms. The fourth-order valence-electron chi connectivity index (χ4n) is 2.74. The van der Waals surface area contributed by atoms with Gasteiger partial charge in [0.15, 0.2) is 5.96 Å². The number of hydrogen-bond acceptors (Lipinski definition) is 5. The Bertz CT molecular complexity index is 975. The van der Waals surface area contributed by atoms with E-state index in [-0.39, 0.29) is 29.9 Å². The maximum atomic E-state index is 12.7. The van der Waals surface area contributed by atoms with Crippen molar-refractivity contribution in [2.24, 2.45) is 4.99 Å². The number of aromatic nitrogens is 4. The van der Waals surface area contributed by atoms with Gasteiger partial charge in [0.1, 0.15) is 5.69 Å². The van der Waals surface area contributed by atoms with Gasteiger partial charge in [-0.2, -0.15) is 18.3 Å². The van der Waals surface area contributed by atoms with Gasteiger partial charge in [0.2, 0.25) is 5.95 Å². The summed E-state index contributed by atoms with van der Waals surface area (Å²) in [5.41, 5.74) is 1.19. The minimum Gasteiger partial charge on any atom is -0.356 e. The fourth-order valence-corrected chi connectivity index (χ4v) is 2.74. The van der Waals surface area contributed by atoms with Crippen LogP contribution in [0, 0.1) is 0 Å². The molecule has 0 aliphatic carbocycles. The van der Waals surface area contributed by atoms with Gasteiger partial charge in [0, 0.05) is 45.3 Å². The molecule has 0 atom stereocenters. The summed E-state index contributed by atoms with van der Waals surface area (Å²) in [6.45, 7) is 1.43. The molecule has 3 rings (SSSR count). The van der Waals surface area contributed by atoms with E-state index in [1.54, 1.807) is 17.9 Å². The van der Waals surface area contributed by atoms with Gasteiger partial charge >= 0.3 is 6.18 Å². The molecule has 2 aromatic heterocycles. The van der Waals surface area contributed by atoms with Crippen LogP contribution in [0.25, 0.3) is 5.69 Å². The van der Waals surface area contributed by atoms with Crippen molar-refractivity contribution in [3.63, 3.8) is 0 Å². The number of benzene rings is 1. The molecular weight excluding hydrogens is 536 g/mol. The first kappa shape index (κ1) is 25.4. The van der Waals surface area contributed by atoms with Crippen molar-refractivity contribution < 1.29 is 13.2 Å². The number of nitrogens with zero attached hydrogens (tertiary/aromatic N) is 5. The number of guanidine groups is 1. The van der Waals surface area contributed by atoms with E-state index in [4.69, 9.17) is 0 Å². The Morgan fingerprint density at radius 3 is 2.44 bits per heavy atom. The summed E-state index contributed by atoms with van der Waals surface area (Å²) in [6, 6.07) is 10.8. The molecule has 0 aliphatic rings. The van der Waals surface area contributed by atoms with Crippen molar-refractivity contribution >= 4 is 35.9 Å². The first-order valence-electron chi connectivity index (χ1n) is 9.63. The first-order chi connectivity index (χ1) is 15.0. The van der Waals surface area contributed by atoms with Crippen molar-refractivity contribution in [2.75, 3.05) is 32.0 Å². The summed E-state index contributed by atoms with van der Waals surface area (Å²) >= 11 is 0. The van der Waals surface area contributed by atoms with Crippen LogP contribution in [0.15, 0.2) is 60.0 Å². The van der Waals surface area contributed by atoms with E-state index in [0.717, 1.165) is 24.4 Å². The quantitative estimate of drug-likeness (QED) is 0.170. The standard InChI is InChI=1S/C20H23F3N8.HI/c1-24-18(27-12-13-28-19-26-11-8-17(30-19)20(21,22)23)25-10-7-15-3-5-16(6-4-15)31-14-2-9-29-31;/h2-6,8-9,11,14H,7,10,12-13H2,1H3,(H2,24,25,27)(H,26,28,30);1H. The normalized spacial score (nSPS) is 11.6. The van der Waals surface area contributed by atoms with Gasteiger partial charge in [0.05, 0.1) is 5.69 Å². The van der Waals surface area contributed by atoms with Crippen molar-refractivity contribution in [1.82, 2.24) is 30.4 Å². The third-order valence-corrected chi connectivity index (χ3v) is 4.28. The summed E-state index contributed by atoms with van der Waals surface area (Å²) in [6.07, 6.45) is 1.01. The SMILES string of the molecule is CN=C(NCCNc1nccc(C(F)(F)F)n1)NCCc1ccc(-n2cccn2)cc1.I. The number of rotatable bonds is 8. The van der Waals surface area contributed by atoms with Crippen molar-refractivity contribution in [3.05, 3.63) is 66.2 Å². The zero-order valence-electron chi connectivity index (χ0n) is 17.3. The lowest BCUT2D eigenvalue weighted by molar-refractivity contribution is -0.141. The second-order valence-electron chi connectivity index (χ2n) is 6.48. The predicted molar refractivity (Wildman–Crippen MR) is 128 cm³/mol. The fraction of sp³-hybridized carbons (Fsp3) is 0.300. The molecule has 172 valence electrons. The van der Waals surface area contributed by atoms with Crippen LogP contribution in [-0.2, 0) is 12.6 Å². The van der Waals surface area contributed by atoms with Gasteiger partial charge in [-0.05, 0) is 36.2 Å². The number of aliphatic imine (C=N–C) groups is 1. The maximum absolute atomic E-state index is 12.7. The Morgan fingerprint density at radius 1 is 1.03 bits per heavy atom. The molecule has 2 heterocycles. The summed E-state index contributed by atoms with van der Waals surface area (Å²) in [5, 5.41) is 13.2. The van der Waals surface area contributed by atoms with Gasteiger partial charge < -0.3 is 16.0 Å². The minimum absolute atomic E-state index is 0. The molecule has 3 aromatic rings. The summed E-state index contributed by atoms with van der Waals surface area (Å²) < 4.78 is 39.8. The Labute approximate surface area is 200 Å². The molecule has 0 unspecified atom stereocenters. The lowest BCUT2D eigenvalue weighted by atomic mass is 10.1. The van der Waals surface area contributed by atoms with Crippen LogP contribution in [0.2, 0.25) is 0 Å². The van der Waals surface area contributed by atoms with Crippen LogP contribution >= 0.6 is 24.0 Å². The van der Waals surface area contributed by atoms with Gasteiger partial charge in [-0.1, -0.05) is 12.1 Å². The minimum atomic E-state index is -4.50. The van der Waals surface area contributed by atoms with E-state index in [1.807, 2.05) is 36.5 Å². The molecule has 0 aliphatic heterocycles. The summed E-state index contributed by atoms with van der Waals surface area (Å²) in [7, 11) is 1.65. The molecular formula is C20H24F3IN8. The van der Waals surface area contributed by atoms with Crippen LogP contribution in [0.1, 0.15) is 11.3 Å². The smallest absolute Gasteiger partial charge is 0.356 e. The molecule has 0 saturated carbocycles. The molecule has 0 radical (unpaired) electrons. The molecule has 1 aromatic carbocycles. The lowest BCUT2D eigenvalue weighted by Gasteiger charge is -2.13. The van der Waals surface area contributed by atoms with Crippen LogP contribution in [-0.4, -0.2) is 52.4 Å².